The summed E-state index contributed by atoms with van der Waals surface area (Å²) in [6, 6.07) is 45.6. The largest absolute Gasteiger partial charge is 2.00 e. The van der Waals surface area contributed by atoms with Gasteiger partial charge in [-0.05, 0) is 67.6 Å². The molecule has 45 heavy (non-hydrogen) atoms. The van der Waals surface area contributed by atoms with Crippen molar-refractivity contribution in [2.45, 2.75) is 14.7 Å². The minimum absolute atomic E-state index is 0. The summed E-state index contributed by atoms with van der Waals surface area (Å²) in [4.78, 5) is 1.32. The Balaban J connectivity index is 0.00000400. The third-order valence-electron chi connectivity index (χ3n) is 7.22. The Hall–Kier alpha value is -3.64. The van der Waals surface area contributed by atoms with E-state index in [9.17, 15) is 10.2 Å². The Bertz CT molecular complexity index is 1930. The maximum atomic E-state index is 13.1. The van der Waals surface area contributed by atoms with Crippen LogP contribution in [0.4, 0.5) is 0 Å². The third-order valence-corrected chi connectivity index (χ3v) is 8.62. The van der Waals surface area contributed by atoms with Crippen molar-refractivity contribution in [3.8, 4) is 33.8 Å². The van der Waals surface area contributed by atoms with Crippen LogP contribution in [0, 0.1) is 0 Å². The van der Waals surface area contributed by atoms with Gasteiger partial charge in [-0.25, -0.2) is 0 Å². The van der Waals surface area contributed by atoms with Gasteiger partial charge in [-0.15, -0.1) is 12.6 Å². The zero-order valence-corrected chi connectivity index (χ0v) is 28.4. The van der Waals surface area contributed by atoms with E-state index in [4.69, 9.17) is 0 Å². The second kappa shape index (κ2) is 15.6. The monoisotopic (exact) mass is 644 g/mol. The first-order valence-corrected chi connectivity index (χ1v) is 15.5. The summed E-state index contributed by atoms with van der Waals surface area (Å²) in [7, 11) is 0. The number of thiol groups is 1. The number of hydrogen-bond donors (Lipinski definition) is 1. The van der Waals surface area contributed by atoms with Crippen LogP contribution in [0.5, 0.6) is 11.5 Å². The predicted octanol–water partition coefficient (Wildman–Crippen LogP) is 9.57. The Labute approximate surface area is 304 Å². The van der Waals surface area contributed by atoms with E-state index in [1.165, 1.54) is 11.8 Å². The molecule has 6 aromatic carbocycles. The van der Waals surface area contributed by atoms with Gasteiger partial charge in [0.1, 0.15) is 0 Å². The van der Waals surface area contributed by atoms with Crippen LogP contribution < -0.4 is 10.2 Å². The van der Waals surface area contributed by atoms with Crippen LogP contribution >= 0.6 is 24.4 Å². The first-order valence-electron chi connectivity index (χ1n) is 14.2. The van der Waals surface area contributed by atoms with Gasteiger partial charge in [0.05, 0.1) is 0 Å². The van der Waals surface area contributed by atoms with Gasteiger partial charge in [0.15, 0.2) is 0 Å². The molecule has 0 amide bonds. The summed E-state index contributed by atoms with van der Waals surface area (Å²) in [5.41, 5.74) is 8.20. The Morgan fingerprint density at radius 2 is 0.867 bits per heavy atom. The molecule has 2 nitrogen and oxygen atoms in total. The maximum absolute atomic E-state index is 13.1. The molecule has 0 atom stereocenters. The van der Waals surface area contributed by atoms with Gasteiger partial charge in [-0.1, -0.05) is 169 Å². The van der Waals surface area contributed by atoms with Crippen LogP contribution in [0.1, 0.15) is 22.3 Å². The van der Waals surface area contributed by atoms with Crippen molar-refractivity contribution < 1.29 is 10.2 Å². The number of hydrogen-bond acceptors (Lipinski definition) is 4. The number of rotatable bonds is 8. The Morgan fingerprint density at radius 3 is 1.38 bits per heavy atom. The van der Waals surface area contributed by atoms with Gasteiger partial charge in [-0.2, -0.15) is 0 Å². The average Bonchev–Trinajstić information content (AvgIpc) is 3.07. The van der Waals surface area contributed by atoms with Crippen molar-refractivity contribution in [2.75, 3.05) is 0 Å². The normalized spacial score (nSPS) is 11.1. The molecule has 0 aliphatic rings. The van der Waals surface area contributed by atoms with E-state index in [1.54, 1.807) is 12.1 Å². The van der Waals surface area contributed by atoms with Gasteiger partial charge < -0.3 is 10.2 Å². The quantitative estimate of drug-likeness (QED) is 0.102. The fourth-order valence-corrected chi connectivity index (χ4v) is 6.12. The van der Waals surface area contributed by atoms with Crippen LogP contribution in [-0.2, 0) is 0 Å². The molecule has 0 aliphatic heterocycles. The first-order chi connectivity index (χ1) is 21.5. The molecule has 0 spiro atoms. The zero-order valence-electron chi connectivity index (χ0n) is 24.5. The topological polar surface area (TPSA) is 46.1 Å². The van der Waals surface area contributed by atoms with Gasteiger partial charge in [0.2, 0.25) is 0 Å². The molecule has 0 fully saturated rings. The average molecular weight is 645 g/mol. The standard InChI is InChI=1S/C40H30O2S2.Ca/c41-36-24-23-34(32-19-15-30(16-20-32)13-11-28-7-3-1-4-8-28)26-38(36)44-39-27-35(25-37(43)40(39)42)33-21-17-31(18-22-33)14-12-29-9-5-2-6-10-29;/h1-27,41-43H;/q;+2/p-2/b13-11+,14-12+;. The fourth-order valence-electron chi connectivity index (χ4n) is 4.80. The minimum atomic E-state index is -0.191. The van der Waals surface area contributed by atoms with E-state index >= 15 is 0 Å². The predicted molar refractivity (Wildman–Crippen MR) is 191 cm³/mol. The Kier molecular flexibility index (Phi) is 11.3. The van der Waals surface area contributed by atoms with Crippen LogP contribution in [0.15, 0.2) is 154 Å². The van der Waals surface area contributed by atoms with Crippen molar-refractivity contribution >= 4 is 86.4 Å². The molecule has 0 saturated carbocycles. The van der Waals surface area contributed by atoms with Gasteiger partial charge in [0, 0.05) is 9.79 Å². The minimum Gasteiger partial charge on any atom is -0.872 e. The molecule has 0 heterocycles. The van der Waals surface area contributed by atoms with E-state index < -0.39 is 0 Å². The second-order valence-electron chi connectivity index (χ2n) is 10.3. The van der Waals surface area contributed by atoms with Crippen LogP contribution in [-0.4, -0.2) is 37.7 Å². The van der Waals surface area contributed by atoms with Crippen molar-refractivity contribution in [1.82, 2.24) is 0 Å². The molecule has 0 aromatic heterocycles. The third kappa shape index (κ3) is 8.55. The molecule has 6 aromatic rings. The molecule has 0 bridgehead atoms. The SMILES string of the molecule is [Ca+2].[O-]c1ccc(-c2ccc(/C=C/c3ccccc3)cc2)cc1Sc1cc(-c2ccc(/C=C/c3ccccc3)cc2)cc(S)c1[O-]. The van der Waals surface area contributed by atoms with E-state index in [0.717, 1.165) is 44.5 Å². The second-order valence-corrected chi connectivity index (χ2v) is 11.9. The summed E-state index contributed by atoms with van der Waals surface area (Å²) in [5.74, 6) is -0.315. The number of benzene rings is 6. The molecule has 0 aliphatic carbocycles. The van der Waals surface area contributed by atoms with E-state index in [-0.39, 0.29) is 49.2 Å². The van der Waals surface area contributed by atoms with Crippen molar-refractivity contribution in [3.63, 3.8) is 0 Å². The van der Waals surface area contributed by atoms with Gasteiger partial charge in [-0.3, -0.25) is 0 Å². The Morgan fingerprint density at radius 1 is 0.444 bits per heavy atom. The van der Waals surface area contributed by atoms with Crippen molar-refractivity contribution in [2.24, 2.45) is 0 Å². The molecule has 0 saturated heterocycles. The van der Waals surface area contributed by atoms with E-state index in [0.29, 0.717) is 14.7 Å². The summed E-state index contributed by atoms with van der Waals surface area (Å²) in [6.07, 6.45) is 8.31. The van der Waals surface area contributed by atoms with Crippen LogP contribution in [0.25, 0.3) is 46.6 Å². The molecule has 214 valence electrons. The molecular formula is C40H28CaO2S2. The summed E-state index contributed by atoms with van der Waals surface area (Å²) < 4.78 is 0. The summed E-state index contributed by atoms with van der Waals surface area (Å²) in [6.45, 7) is 0. The van der Waals surface area contributed by atoms with Gasteiger partial charge >= 0.3 is 37.7 Å². The summed E-state index contributed by atoms with van der Waals surface area (Å²) in [5, 5.41) is 26.0. The fraction of sp³-hybridized carbons (Fsp3) is 0. The molecule has 0 unspecified atom stereocenters. The van der Waals surface area contributed by atoms with E-state index in [1.807, 2.05) is 91.0 Å². The molecule has 0 radical (unpaired) electrons. The van der Waals surface area contributed by atoms with Crippen LogP contribution in [0.3, 0.4) is 0 Å². The molecule has 5 heteroatoms. The van der Waals surface area contributed by atoms with Gasteiger partial charge in [0.25, 0.3) is 0 Å². The van der Waals surface area contributed by atoms with Crippen molar-refractivity contribution in [3.05, 3.63) is 162 Å². The molecule has 0 N–H and O–H groups in total. The zero-order chi connectivity index (χ0) is 30.3. The van der Waals surface area contributed by atoms with E-state index in [2.05, 4.69) is 73.3 Å². The molecular weight excluding hydrogens is 617 g/mol. The summed E-state index contributed by atoms with van der Waals surface area (Å²) >= 11 is 5.68. The van der Waals surface area contributed by atoms with Crippen LogP contribution in [0.2, 0.25) is 0 Å². The van der Waals surface area contributed by atoms with Crippen molar-refractivity contribution in [1.29, 1.82) is 0 Å². The molecule has 6 rings (SSSR count). The smallest absolute Gasteiger partial charge is 0.872 e. The maximum Gasteiger partial charge on any atom is 2.00 e. The first kappa shape index (κ1) is 32.7.